The molecule has 0 fully saturated rings. The van der Waals surface area contributed by atoms with Crippen molar-refractivity contribution in [3.63, 3.8) is 0 Å². The zero-order valence-electron chi connectivity index (χ0n) is 18.5. The van der Waals surface area contributed by atoms with Crippen molar-refractivity contribution in [2.45, 2.75) is 30.8 Å². The number of thiophene rings is 1. The molecule has 174 valence electrons. The van der Waals surface area contributed by atoms with E-state index in [-0.39, 0.29) is 17.2 Å². The number of fused-ring (bicyclic) bond motifs is 1. The fourth-order valence-electron chi connectivity index (χ4n) is 3.24. The summed E-state index contributed by atoms with van der Waals surface area (Å²) < 4.78 is 38.8. The third kappa shape index (κ3) is 4.68. The first-order valence-electron chi connectivity index (χ1n) is 10.1. The molecule has 0 radical (unpaired) electrons. The molecular weight excluding hydrogens is 466 g/mol. The van der Waals surface area contributed by atoms with Gasteiger partial charge in [-0.3, -0.25) is 4.79 Å². The number of benzene rings is 1. The largest absolute Gasteiger partial charge is 0.453 e. The number of hydrogen-bond acceptors (Lipinski definition) is 9. The highest BCUT2D eigenvalue weighted by atomic mass is 32.2. The minimum absolute atomic E-state index is 0.0935. The average Bonchev–Trinajstić information content (AvgIpc) is 3.52. The molecule has 0 N–H and O–H groups in total. The maximum absolute atomic E-state index is 12.4. The predicted octanol–water partition coefficient (Wildman–Crippen LogP) is 3.17. The Morgan fingerprint density at radius 2 is 2.06 bits per heavy atom. The van der Waals surface area contributed by atoms with Crippen LogP contribution in [0, 0.1) is 0 Å². The molecule has 0 saturated carbocycles. The molecule has 0 aliphatic carbocycles. The first-order chi connectivity index (χ1) is 15.7. The summed E-state index contributed by atoms with van der Waals surface area (Å²) in [5.41, 5.74) is 1.32. The van der Waals surface area contributed by atoms with E-state index < -0.39 is 22.1 Å². The van der Waals surface area contributed by atoms with Crippen molar-refractivity contribution < 1.29 is 22.4 Å². The van der Waals surface area contributed by atoms with Gasteiger partial charge >= 0.3 is 5.97 Å². The maximum Gasteiger partial charge on any atom is 0.307 e. The number of aromatic nitrogens is 4. The van der Waals surface area contributed by atoms with Gasteiger partial charge in [0.25, 0.3) is 11.8 Å². The van der Waals surface area contributed by atoms with Crippen molar-refractivity contribution in [1.29, 1.82) is 0 Å². The quantitative estimate of drug-likeness (QED) is 0.346. The average molecular weight is 490 g/mol. The minimum Gasteiger partial charge on any atom is -0.453 e. The first kappa shape index (κ1) is 23.1. The van der Waals surface area contributed by atoms with Crippen LogP contribution in [0.5, 0.6) is 0 Å². The third-order valence-corrected chi connectivity index (χ3v) is 7.77. The van der Waals surface area contributed by atoms with Crippen LogP contribution in [0.2, 0.25) is 0 Å². The SMILES string of the molecule is CC(OC(=O)CCc1nc2cc(S(=O)(=O)N(C)C)ccc2n1C)c1nnc(-c2cccs2)o1. The number of ether oxygens (including phenoxy) is 1. The fourth-order valence-corrected chi connectivity index (χ4v) is 4.81. The van der Waals surface area contributed by atoms with Crippen LogP contribution < -0.4 is 0 Å². The van der Waals surface area contributed by atoms with Crippen molar-refractivity contribution in [3.8, 4) is 10.8 Å². The summed E-state index contributed by atoms with van der Waals surface area (Å²) in [6, 6.07) is 8.55. The van der Waals surface area contributed by atoms with Crippen LogP contribution in [0.25, 0.3) is 21.8 Å². The number of carbonyl (C=O) groups excluding carboxylic acids is 1. The van der Waals surface area contributed by atoms with Crippen molar-refractivity contribution in [1.82, 2.24) is 24.1 Å². The van der Waals surface area contributed by atoms with Crippen molar-refractivity contribution >= 4 is 38.4 Å². The highest BCUT2D eigenvalue weighted by Crippen LogP contribution is 2.26. The Bertz CT molecular complexity index is 1390. The lowest BCUT2D eigenvalue weighted by Crippen LogP contribution is -2.22. The van der Waals surface area contributed by atoms with Gasteiger partial charge in [-0.25, -0.2) is 17.7 Å². The molecule has 0 aliphatic heterocycles. The van der Waals surface area contributed by atoms with Gasteiger partial charge in [-0.2, -0.15) is 0 Å². The van der Waals surface area contributed by atoms with Crippen LogP contribution in [0.15, 0.2) is 45.0 Å². The zero-order chi connectivity index (χ0) is 23.8. The smallest absolute Gasteiger partial charge is 0.307 e. The second-order valence-electron chi connectivity index (χ2n) is 7.58. The molecule has 1 atom stereocenters. The molecule has 12 heteroatoms. The number of nitrogens with zero attached hydrogens (tertiary/aromatic N) is 5. The summed E-state index contributed by atoms with van der Waals surface area (Å²) in [5.74, 6) is 0.829. The van der Waals surface area contributed by atoms with E-state index in [4.69, 9.17) is 9.15 Å². The van der Waals surface area contributed by atoms with E-state index in [2.05, 4.69) is 15.2 Å². The number of rotatable bonds is 8. The number of esters is 1. The molecule has 0 bridgehead atoms. The van der Waals surface area contributed by atoms with Crippen molar-refractivity contribution in [2.75, 3.05) is 14.1 Å². The van der Waals surface area contributed by atoms with Crippen LogP contribution in [0.3, 0.4) is 0 Å². The van der Waals surface area contributed by atoms with Crippen LogP contribution >= 0.6 is 11.3 Å². The van der Waals surface area contributed by atoms with Crippen LogP contribution in [0.4, 0.5) is 0 Å². The minimum atomic E-state index is -3.56. The van der Waals surface area contributed by atoms with Gasteiger partial charge in [0.2, 0.25) is 10.0 Å². The number of carbonyl (C=O) groups is 1. The first-order valence-corrected chi connectivity index (χ1v) is 12.4. The van der Waals surface area contributed by atoms with E-state index in [1.54, 1.807) is 19.1 Å². The molecule has 1 unspecified atom stereocenters. The second kappa shape index (κ2) is 9.04. The van der Waals surface area contributed by atoms with Gasteiger partial charge < -0.3 is 13.7 Å². The zero-order valence-corrected chi connectivity index (χ0v) is 20.2. The van der Waals surface area contributed by atoms with E-state index in [0.717, 1.165) is 14.7 Å². The van der Waals surface area contributed by atoms with Gasteiger partial charge in [-0.15, -0.1) is 21.5 Å². The van der Waals surface area contributed by atoms with Crippen molar-refractivity contribution in [3.05, 3.63) is 47.4 Å². The fraction of sp³-hybridized carbons (Fsp3) is 0.333. The molecule has 0 saturated heterocycles. The van der Waals surface area contributed by atoms with Gasteiger partial charge in [0.1, 0.15) is 5.82 Å². The monoisotopic (exact) mass is 489 g/mol. The second-order valence-corrected chi connectivity index (χ2v) is 10.7. The van der Waals surface area contributed by atoms with E-state index in [9.17, 15) is 13.2 Å². The molecule has 1 aromatic carbocycles. The van der Waals surface area contributed by atoms with Gasteiger partial charge in [-0.1, -0.05) is 6.07 Å². The number of hydrogen-bond donors (Lipinski definition) is 0. The van der Waals surface area contributed by atoms with E-state index in [1.165, 1.54) is 31.5 Å². The number of aryl methyl sites for hydroxylation is 2. The lowest BCUT2D eigenvalue weighted by atomic mass is 10.3. The summed E-state index contributed by atoms with van der Waals surface area (Å²) in [6.07, 6.45) is -0.259. The molecule has 0 aliphatic rings. The molecule has 33 heavy (non-hydrogen) atoms. The highest BCUT2D eigenvalue weighted by molar-refractivity contribution is 7.89. The number of sulfonamides is 1. The standard InChI is InChI=1S/C21H23N5O5S2/c1-13(20-23-24-21(31-20)17-6-5-11-32-17)30-19(27)10-9-18-22-15-12-14(33(28,29)25(2)3)7-8-16(15)26(18)4/h5-8,11-13H,9-10H2,1-4H3. The van der Waals surface area contributed by atoms with E-state index in [1.807, 2.05) is 29.1 Å². The Balaban J connectivity index is 1.41. The van der Waals surface area contributed by atoms with E-state index in [0.29, 0.717) is 23.7 Å². The van der Waals surface area contributed by atoms with Gasteiger partial charge in [0.05, 0.1) is 27.2 Å². The van der Waals surface area contributed by atoms with Gasteiger partial charge in [0.15, 0.2) is 6.10 Å². The summed E-state index contributed by atoms with van der Waals surface area (Å²) in [6.45, 7) is 1.67. The Labute approximate surface area is 194 Å². The van der Waals surface area contributed by atoms with Gasteiger partial charge in [-0.05, 0) is 36.6 Å². The molecule has 3 aromatic heterocycles. The molecule has 3 heterocycles. The lowest BCUT2D eigenvalue weighted by molar-refractivity contribution is -0.149. The summed E-state index contributed by atoms with van der Waals surface area (Å²) >= 11 is 1.48. The molecule has 4 aromatic rings. The Hall–Kier alpha value is -3.09. The third-order valence-electron chi connectivity index (χ3n) is 5.10. The van der Waals surface area contributed by atoms with Crippen molar-refractivity contribution in [2.24, 2.45) is 7.05 Å². The van der Waals surface area contributed by atoms with Crippen LogP contribution in [0.1, 0.15) is 31.2 Å². The Morgan fingerprint density at radius 1 is 1.27 bits per heavy atom. The van der Waals surface area contributed by atoms with Gasteiger partial charge in [0, 0.05) is 27.6 Å². The van der Waals surface area contributed by atoms with E-state index >= 15 is 0 Å². The van der Waals surface area contributed by atoms with Crippen LogP contribution in [-0.4, -0.2) is 52.5 Å². The highest BCUT2D eigenvalue weighted by Gasteiger charge is 2.21. The van der Waals surface area contributed by atoms with Crippen LogP contribution in [-0.2, 0) is 33.0 Å². The summed E-state index contributed by atoms with van der Waals surface area (Å²) in [5, 5.41) is 9.87. The summed E-state index contributed by atoms with van der Waals surface area (Å²) in [4.78, 5) is 17.9. The Kier molecular flexibility index (Phi) is 6.32. The predicted molar refractivity (Wildman–Crippen MR) is 122 cm³/mol. The Morgan fingerprint density at radius 3 is 2.76 bits per heavy atom. The maximum atomic E-state index is 12.4. The molecule has 4 rings (SSSR count). The molecule has 10 nitrogen and oxygen atoms in total. The number of imidazole rings is 1. The topological polar surface area (TPSA) is 120 Å². The molecule has 0 amide bonds. The normalized spacial score (nSPS) is 13.0. The molecular formula is C21H23N5O5S2. The lowest BCUT2D eigenvalue weighted by Gasteiger charge is -2.11. The summed E-state index contributed by atoms with van der Waals surface area (Å²) in [7, 11) is 1.22. The molecule has 0 spiro atoms.